The summed E-state index contributed by atoms with van der Waals surface area (Å²) in [5.41, 5.74) is 2.49. The van der Waals surface area contributed by atoms with Crippen LogP contribution in [0.2, 0.25) is 0 Å². The van der Waals surface area contributed by atoms with Crippen LogP contribution in [0, 0.1) is 5.92 Å². The van der Waals surface area contributed by atoms with Gasteiger partial charge >= 0.3 is 5.97 Å². The molecule has 3 rings (SSSR count). The van der Waals surface area contributed by atoms with Gasteiger partial charge in [0.15, 0.2) is 0 Å². The quantitative estimate of drug-likeness (QED) is 0.506. The fourth-order valence-corrected chi connectivity index (χ4v) is 4.22. The predicted molar refractivity (Wildman–Crippen MR) is 120 cm³/mol. The average Bonchev–Trinajstić information content (AvgIpc) is 2.77. The van der Waals surface area contributed by atoms with E-state index in [-0.39, 0.29) is 5.92 Å². The van der Waals surface area contributed by atoms with E-state index in [0.717, 1.165) is 39.0 Å². The first-order valence-electron chi connectivity index (χ1n) is 11.1. The summed E-state index contributed by atoms with van der Waals surface area (Å²) in [4.78, 5) is 15.9. The van der Waals surface area contributed by atoms with Crippen LogP contribution in [0.4, 0.5) is 11.4 Å². The third kappa shape index (κ3) is 6.90. The fraction of sp³-hybridized carbons (Fsp3) is 0.480. The number of rotatable bonds is 11. The highest BCUT2D eigenvalue weighted by molar-refractivity contribution is 5.70. The van der Waals surface area contributed by atoms with Gasteiger partial charge in [-0.15, -0.1) is 0 Å². The number of para-hydroxylation sites is 2. The molecule has 4 heteroatoms. The van der Waals surface area contributed by atoms with Gasteiger partial charge < -0.3 is 14.9 Å². The minimum absolute atomic E-state index is 0.161. The zero-order valence-corrected chi connectivity index (χ0v) is 17.4. The average molecular weight is 395 g/mol. The molecule has 1 saturated heterocycles. The van der Waals surface area contributed by atoms with Gasteiger partial charge in [-0.1, -0.05) is 55.7 Å². The lowest BCUT2D eigenvalue weighted by Crippen LogP contribution is -2.39. The van der Waals surface area contributed by atoms with Crippen LogP contribution in [-0.2, 0) is 4.79 Å². The maximum absolute atomic E-state index is 11.2. The normalized spacial score (nSPS) is 17.2. The zero-order valence-electron chi connectivity index (χ0n) is 17.4. The third-order valence-electron chi connectivity index (χ3n) is 5.85. The number of carbonyl (C=O) groups is 1. The highest BCUT2D eigenvalue weighted by Gasteiger charge is 2.24. The standard InChI is InChI=1S/C25H34N2O2/c28-25(29)22-13-12-19-26(21-22)18-10-2-1-3-11-20-27(23-14-6-4-7-15-23)24-16-8-5-9-17-24/h4-9,14-17,22H,1-3,10-13,18-21H2,(H,28,29). The lowest BCUT2D eigenvalue weighted by atomic mass is 9.98. The Morgan fingerprint density at radius 3 is 2.10 bits per heavy atom. The largest absolute Gasteiger partial charge is 0.481 e. The molecule has 0 bridgehead atoms. The third-order valence-corrected chi connectivity index (χ3v) is 5.85. The number of benzene rings is 2. The SMILES string of the molecule is O=C(O)C1CCCN(CCCCCCCN(c2ccccc2)c2ccccc2)C1. The topological polar surface area (TPSA) is 43.8 Å². The minimum atomic E-state index is -0.629. The monoisotopic (exact) mass is 394 g/mol. The smallest absolute Gasteiger partial charge is 0.307 e. The molecule has 0 saturated carbocycles. The van der Waals surface area contributed by atoms with Gasteiger partial charge in [0.25, 0.3) is 0 Å². The molecule has 0 spiro atoms. The van der Waals surface area contributed by atoms with E-state index in [0.29, 0.717) is 0 Å². The van der Waals surface area contributed by atoms with E-state index in [2.05, 4.69) is 70.5 Å². The van der Waals surface area contributed by atoms with E-state index in [9.17, 15) is 9.90 Å². The fourth-order valence-electron chi connectivity index (χ4n) is 4.22. The second-order valence-electron chi connectivity index (χ2n) is 8.07. The molecule has 0 aliphatic carbocycles. The van der Waals surface area contributed by atoms with Crippen LogP contribution in [-0.4, -0.2) is 42.2 Å². The molecule has 1 N–H and O–H groups in total. The van der Waals surface area contributed by atoms with E-state index in [1.807, 2.05) is 0 Å². The van der Waals surface area contributed by atoms with Crippen molar-refractivity contribution in [3.63, 3.8) is 0 Å². The Hall–Kier alpha value is -2.33. The van der Waals surface area contributed by atoms with Gasteiger partial charge in [-0.05, 0) is 63.0 Å². The lowest BCUT2D eigenvalue weighted by Gasteiger charge is -2.30. The highest BCUT2D eigenvalue weighted by Crippen LogP contribution is 2.25. The van der Waals surface area contributed by atoms with Gasteiger partial charge in [-0.3, -0.25) is 4.79 Å². The van der Waals surface area contributed by atoms with Crippen molar-refractivity contribution in [1.29, 1.82) is 0 Å². The summed E-state index contributed by atoms with van der Waals surface area (Å²) in [5.74, 6) is -0.790. The molecule has 1 atom stereocenters. The molecule has 1 aliphatic heterocycles. The van der Waals surface area contributed by atoms with Gasteiger partial charge in [0, 0.05) is 24.5 Å². The van der Waals surface area contributed by atoms with Crippen molar-refractivity contribution in [3.05, 3.63) is 60.7 Å². The first kappa shape index (κ1) is 21.4. The summed E-state index contributed by atoms with van der Waals surface area (Å²) >= 11 is 0. The zero-order chi connectivity index (χ0) is 20.3. The number of hydrogen-bond donors (Lipinski definition) is 1. The Kier molecular flexibility index (Phi) is 8.57. The maximum Gasteiger partial charge on any atom is 0.307 e. The van der Waals surface area contributed by atoms with Crippen LogP contribution < -0.4 is 4.90 Å². The van der Waals surface area contributed by atoms with Gasteiger partial charge in [0.05, 0.1) is 5.92 Å². The summed E-state index contributed by atoms with van der Waals surface area (Å²) < 4.78 is 0. The molecule has 1 fully saturated rings. The Bertz CT molecular complexity index is 681. The first-order chi connectivity index (χ1) is 14.2. The molecule has 156 valence electrons. The number of likely N-dealkylation sites (tertiary alicyclic amines) is 1. The van der Waals surface area contributed by atoms with Gasteiger partial charge in [-0.2, -0.15) is 0 Å². The van der Waals surface area contributed by atoms with Gasteiger partial charge in [-0.25, -0.2) is 0 Å². The van der Waals surface area contributed by atoms with Gasteiger partial charge in [0.2, 0.25) is 0 Å². The number of carboxylic acids is 1. The van der Waals surface area contributed by atoms with Crippen LogP contribution in [0.3, 0.4) is 0 Å². The van der Waals surface area contributed by atoms with Crippen molar-refractivity contribution in [2.45, 2.75) is 44.9 Å². The molecular weight excluding hydrogens is 360 g/mol. The molecule has 4 nitrogen and oxygen atoms in total. The number of nitrogens with zero attached hydrogens (tertiary/aromatic N) is 2. The Balaban J connectivity index is 1.36. The van der Waals surface area contributed by atoms with Crippen LogP contribution in [0.5, 0.6) is 0 Å². The van der Waals surface area contributed by atoms with Crippen molar-refractivity contribution in [2.24, 2.45) is 5.92 Å². The van der Waals surface area contributed by atoms with E-state index in [1.165, 1.54) is 43.5 Å². The molecule has 1 aliphatic rings. The second-order valence-corrected chi connectivity index (χ2v) is 8.07. The molecule has 2 aromatic rings. The Morgan fingerprint density at radius 2 is 1.48 bits per heavy atom. The van der Waals surface area contributed by atoms with Crippen LogP contribution in [0.15, 0.2) is 60.7 Å². The van der Waals surface area contributed by atoms with Crippen molar-refractivity contribution in [1.82, 2.24) is 4.90 Å². The second kappa shape index (κ2) is 11.6. The molecule has 29 heavy (non-hydrogen) atoms. The maximum atomic E-state index is 11.2. The molecule has 0 aromatic heterocycles. The summed E-state index contributed by atoms with van der Waals surface area (Å²) in [6.45, 7) is 3.87. The molecule has 1 heterocycles. The molecule has 1 unspecified atom stereocenters. The van der Waals surface area contributed by atoms with E-state index >= 15 is 0 Å². The van der Waals surface area contributed by atoms with E-state index in [4.69, 9.17) is 0 Å². The number of unbranched alkanes of at least 4 members (excludes halogenated alkanes) is 4. The van der Waals surface area contributed by atoms with Crippen molar-refractivity contribution >= 4 is 17.3 Å². The number of carboxylic acid groups (broad SMARTS) is 1. The first-order valence-corrected chi connectivity index (χ1v) is 11.1. The number of anilines is 2. The minimum Gasteiger partial charge on any atom is -0.481 e. The number of piperidine rings is 1. The lowest BCUT2D eigenvalue weighted by molar-refractivity contribution is -0.143. The summed E-state index contributed by atoms with van der Waals surface area (Å²) in [5, 5.41) is 9.20. The number of hydrogen-bond acceptors (Lipinski definition) is 3. The molecular formula is C25H34N2O2. The van der Waals surface area contributed by atoms with E-state index in [1.54, 1.807) is 0 Å². The van der Waals surface area contributed by atoms with Gasteiger partial charge in [0.1, 0.15) is 0 Å². The van der Waals surface area contributed by atoms with Crippen LogP contribution in [0.25, 0.3) is 0 Å². The van der Waals surface area contributed by atoms with E-state index < -0.39 is 5.97 Å². The molecule has 0 radical (unpaired) electrons. The van der Waals surface area contributed by atoms with Crippen molar-refractivity contribution < 1.29 is 9.90 Å². The van der Waals surface area contributed by atoms with Crippen molar-refractivity contribution in [2.75, 3.05) is 31.1 Å². The summed E-state index contributed by atoms with van der Waals surface area (Å²) in [7, 11) is 0. The van der Waals surface area contributed by atoms with Crippen LogP contribution in [0.1, 0.15) is 44.9 Å². The Morgan fingerprint density at radius 1 is 0.897 bits per heavy atom. The van der Waals surface area contributed by atoms with Crippen molar-refractivity contribution in [3.8, 4) is 0 Å². The summed E-state index contributed by atoms with van der Waals surface area (Å²) in [6.07, 6.45) is 7.91. The number of aliphatic carboxylic acids is 1. The summed E-state index contributed by atoms with van der Waals surface area (Å²) in [6, 6.07) is 21.2. The molecule has 2 aromatic carbocycles. The molecule has 0 amide bonds. The highest BCUT2D eigenvalue weighted by atomic mass is 16.4. The van der Waals surface area contributed by atoms with Crippen LogP contribution >= 0.6 is 0 Å². The Labute approximate surface area is 175 Å². The predicted octanol–water partition coefficient (Wildman–Crippen LogP) is 5.57.